The molecule has 13 heavy (non-hydrogen) atoms. The first-order chi connectivity index (χ1) is 5.68. The maximum atomic E-state index is 10.1. The van der Waals surface area contributed by atoms with Crippen LogP contribution in [0, 0.1) is 0 Å². The Morgan fingerprint density at radius 1 is 0.923 bits per heavy atom. The van der Waals surface area contributed by atoms with Crippen molar-refractivity contribution < 1.29 is 32.5 Å². The molecule has 0 aromatic rings. The standard InChI is InChI=1S/C2H7O4P.C2H7O3P/c1-5-7(3,4)6-2;1-5-6(2,3)4/h1-2H3,(H,3,4);1-2H3,(H,3,4). The van der Waals surface area contributed by atoms with Gasteiger partial charge in [0.05, 0.1) is 0 Å². The average molecular weight is 236 g/mol. The molecule has 0 aromatic heterocycles. The van der Waals surface area contributed by atoms with Crippen molar-refractivity contribution in [2.45, 2.75) is 0 Å². The molecule has 0 fully saturated rings. The first-order valence-corrected chi connectivity index (χ1v) is 6.50. The molecule has 2 N–H and O–H groups in total. The largest absolute Gasteiger partial charge is 0.471 e. The van der Waals surface area contributed by atoms with Crippen molar-refractivity contribution in [3.63, 3.8) is 0 Å². The molecule has 0 rings (SSSR count). The Labute approximate surface area is 76.8 Å². The summed E-state index contributed by atoms with van der Waals surface area (Å²) in [5.74, 6) is 0. The molecule has 0 saturated carbocycles. The molecule has 0 aliphatic heterocycles. The van der Waals surface area contributed by atoms with E-state index in [4.69, 9.17) is 9.79 Å². The van der Waals surface area contributed by atoms with Crippen LogP contribution in [-0.2, 0) is 22.7 Å². The Kier molecular flexibility index (Phi) is 8.07. The molecule has 0 aliphatic rings. The van der Waals surface area contributed by atoms with Crippen molar-refractivity contribution in [3.05, 3.63) is 0 Å². The van der Waals surface area contributed by atoms with Crippen molar-refractivity contribution in [1.29, 1.82) is 0 Å². The second kappa shape index (κ2) is 6.68. The molecule has 82 valence electrons. The second-order valence-corrected chi connectivity index (χ2v) is 5.46. The van der Waals surface area contributed by atoms with E-state index in [1.54, 1.807) is 0 Å². The number of rotatable bonds is 3. The quantitative estimate of drug-likeness (QED) is 0.699. The molecule has 0 aliphatic carbocycles. The highest BCUT2D eigenvalue weighted by molar-refractivity contribution is 7.51. The van der Waals surface area contributed by atoms with E-state index in [2.05, 4.69) is 13.6 Å². The molecule has 0 aromatic carbocycles. The maximum absolute atomic E-state index is 10.1. The van der Waals surface area contributed by atoms with Gasteiger partial charge in [0.1, 0.15) is 0 Å². The SMILES string of the molecule is COP(=O)(O)OC.COP(C)(=O)O. The van der Waals surface area contributed by atoms with Gasteiger partial charge in [0.2, 0.25) is 0 Å². The lowest BCUT2D eigenvalue weighted by Crippen LogP contribution is -1.83. The molecule has 7 nitrogen and oxygen atoms in total. The molecule has 1 unspecified atom stereocenters. The highest BCUT2D eigenvalue weighted by atomic mass is 31.2. The summed E-state index contributed by atoms with van der Waals surface area (Å²) in [7, 11) is -3.40. The van der Waals surface area contributed by atoms with E-state index >= 15 is 0 Å². The van der Waals surface area contributed by atoms with E-state index < -0.39 is 15.4 Å². The van der Waals surface area contributed by atoms with Gasteiger partial charge in [-0.3, -0.25) is 13.6 Å². The summed E-state index contributed by atoms with van der Waals surface area (Å²) in [6, 6.07) is 0. The van der Waals surface area contributed by atoms with Crippen LogP contribution in [0.4, 0.5) is 0 Å². The average Bonchev–Trinajstić information content (AvgIpc) is 2.04. The van der Waals surface area contributed by atoms with Gasteiger partial charge in [0.25, 0.3) is 0 Å². The normalized spacial score (nSPS) is 15.5. The third-order valence-electron chi connectivity index (χ3n) is 0.800. The van der Waals surface area contributed by atoms with Crippen LogP contribution in [0.3, 0.4) is 0 Å². The van der Waals surface area contributed by atoms with Gasteiger partial charge in [-0.15, -0.1) is 0 Å². The van der Waals surface area contributed by atoms with E-state index in [1.807, 2.05) is 0 Å². The van der Waals surface area contributed by atoms with Gasteiger partial charge in [-0.25, -0.2) is 4.57 Å². The Balaban J connectivity index is 0. The molecule has 0 bridgehead atoms. The van der Waals surface area contributed by atoms with Gasteiger partial charge in [-0.05, 0) is 0 Å². The minimum atomic E-state index is -3.65. The number of phosphoric acid groups is 1. The summed E-state index contributed by atoms with van der Waals surface area (Å²) >= 11 is 0. The first-order valence-electron chi connectivity index (χ1n) is 2.98. The van der Waals surface area contributed by atoms with Crippen LogP contribution < -0.4 is 0 Å². The third-order valence-corrected chi connectivity index (χ3v) is 2.40. The van der Waals surface area contributed by atoms with Crippen molar-refractivity contribution in [1.82, 2.24) is 0 Å². The van der Waals surface area contributed by atoms with Gasteiger partial charge in [-0.1, -0.05) is 0 Å². The van der Waals surface area contributed by atoms with Crippen molar-refractivity contribution in [2.24, 2.45) is 0 Å². The highest BCUT2D eigenvalue weighted by Crippen LogP contribution is 2.40. The summed E-state index contributed by atoms with van der Waals surface area (Å²) in [5, 5.41) is 0. The van der Waals surface area contributed by atoms with Gasteiger partial charge >= 0.3 is 15.4 Å². The zero-order chi connectivity index (χ0) is 11.1. The van der Waals surface area contributed by atoms with Crippen LogP contribution in [0.5, 0.6) is 0 Å². The maximum Gasteiger partial charge on any atom is 0.471 e. The van der Waals surface area contributed by atoms with E-state index in [9.17, 15) is 9.13 Å². The monoisotopic (exact) mass is 236 g/mol. The minimum absolute atomic E-state index is 1.10. The van der Waals surface area contributed by atoms with Crippen LogP contribution in [0.15, 0.2) is 0 Å². The van der Waals surface area contributed by atoms with Gasteiger partial charge < -0.3 is 14.3 Å². The Bertz CT molecular complexity index is 201. The summed E-state index contributed by atoms with van der Waals surface area (Å²) in [4.78, 5) is 16.4. The van der Waals surface area contributed by atoms with E-state index in [1.165, 1.54) is 7.11 Å². The predicted molar refractivity (Wildman–Crippen MR) is 46.6 cm³/mol. The van der Waals surface area contributed by atoms with E-state index in [0.29, 0.717) is 0 Å². The Hall–Kier alpha value is 0.260. The number of hydrogen-bond acceptors (Lipinski definition) is 5. The molecular formula is C4H14O7P2. The Morgan fingerprint density at radius 2 is 1.15 bits per heavy atom. The summed E-state index contributed by atoms with van der Waals surface area (Å²) in [5.41, 5.74) is 0. The van der Waals surface area contributed by atoms with Crippen LogP contribution in [0.2, 0.25) is 0 Å². The summed E-state index contributed by atoms with van der Waals surface area (Å²) in [6.07, 6.45) is 0. The molecule has 0 heterocycles. The summed E-state index contributed by atoms with van der Waals surface area (Å²) < 4.78 is 32.0. The minimum Gasteiger partial charge on any atom is -0.324 e. The lowest BCUT2D eigenvalue weighted by molar-refractivity contribution is 0.204. The number of hydrogen-bond donors (Lipinski definition) is 2. The van der Waals surface area contributed by atoms with Crippen molar-refractivity contribution in [2.75, 3.05) is 28.0 Å². The van der Waals surface area contributed by atoms with E-state index in [-0.39, 0.29) is 0 Å². The first kappa shape index (κ1) is 15.7. The summed E-state index contributed by atoms with van der Waals surface area (Å²) in [6.45, 7) is 1.13. The lowest BCUT2D eigenvalue weighted by atomic mass is 11.8. The van der Waals surface area contributed by atoms with Gasteiger partial charge in [0.15, 0.2) is 0 Å². The zero-order valence-corrected chi connectivity index (χ0v) is 9.62. The van der Waals surface area contributed by atoms with Crippen molar-refractivity contribution in [3.8, 4) is 0 Å². The molecule has 0 amide bonds. The van der Waals surface area contributed by atoms with Crippen LogP contribution in [0.25, 0.3) is 0 Å². The highest BCUT2D eigenvalue weighted by Gasteiger charge is 2.13. The zero-order valence-electron chi connectivity index (χ0n) is 7.83. The molecule has 0 radical (unpaired) electrons. The molecule has 0 spiro atoms. The van der Waals surface area contributed by atoms with Crippen LogP contribution in [0.1, 0.15) is 0 Å². The van der Waals surface area contributed by atoms with Crippen molar-refractivity contribution >= 4 is 15.4 Å². The fraction of sp³-hybridized carbons (Fsp3) is 1.00. The van der Waals surface area contributed by atoms with Crippen LogP contribution >= 0.6 is 15.4 Å². The third kappa shape index (κ3) is 15.1. The molecule has 9 heteroatoms. The predicted octanol–water partition coefficient (Wildman–Crippen LogP) is 0.828. The second-order valence-electron chi connectivity index (χ2n) is 1.82. The van der Waals surface area contributed by atoms with Crippen LogP contribution in [-0.4, -0.2) is 37.8 Å². The van der Waals surface area contributed by atoms with Gasteiger partial charge in [-0.2, -0.15) is 0 Å². The molecule has 0 saturated heterocycles. The lowest BCUT2D eigenvalue weighted by Gasteiger charge is -2.01. The fourth-order valence-corrected chi connectivity index (χ4v) is 0.224. The smallest absolute Gasteiger partial charge is 0.324 e. The molecule has 1 atom stereocenters. The Morgan fingerprint density at radius 3 is 1.15 bits per heavy atom. The topological polar surface area (TPSA) is 102 Å². The fourth-order valence-electron chi connectivity index (χ4n) is 0.0745. The molecular weight excluding hydrogens is 222 g/mol. The van der Waals surface area contributed by atoms with Gasteiger partial charge in [0, 0.05) is 28.0 Å². The van der Waals surface area contributed by atoms with E-state index in [0.717, 1.165) is 20.9 Å². The number of phosphoric ester groups is 1.